The second-order valence-corrected chi connectivity index (χ2v) is 7.08. The molecule has 1 aliphatic heterocycles. The van der Waals surface area contributed by atoms with Gasteiger partial charge in [0.1, 0.15) is 11.4 Å². The van der Waals surface area contributed by atoms with Crippen molar-refractivity contribution in [1.82, 2.24) is 4.31 Å². The van der Waals surface area contributed by atoms with Crippen molar-refractivity contribution in [3.63, 3.8) is 0 Å². The van der Waals surface area contributed by atoms with E-state index in [4.69, 9.17) is 0 Å². The van der Waals surface area contributed by atoms with E-state index < -0.39 is 22.4 Å². The third kappa shape index (κ3) is 2.68. The number of aliphatic hydroxyl groups excluding tert-OH is 1. The van der Waals surface area contributed by atoms with Gasteiger partial charge in [0.15, 0.2) is 0 Å². The van der Waals surface area contributed by atoms with Gasteiger partial charge in [-0.1, -0.05) is 24.3 Å². The number of phenolic OH excluding ortho intramolecular Hbond substituents is 1. The molecule has 0 spiro atoms. The van der Waals surface area contributed by atoms with Crippen LogP contribution in [0.3, 0.4) is 0 Å². The minimum absolute atomic E-state index is 0.0339. The zero-order chi connectivity index (χ0) is 17.3. The first-order valence-electron chi connectivity index (χ1n) is 7.23. The Hall–Kier alpha value is -2.64. The minimum atomic E-state index is -3.92. The molecule has 0 fully saturated rings. The van der Waals surface area contributed by atoms with E-state index in [0.29, 0.717) is 5.56 Å². The molecule has 0 radical (unpaired) electrons. The Bertz CT molecular complexity index is 916. The molecule has 3 rings (SSSR count). The summed E-state index contributed by atoms with van der Waals surface area (Å²) in [6.45, 7) is -0.631. The van der Waals surface area contributed by atoms with Crippen molar-refractivity contribution >= 4 is 21.9 Å². The van der Waals surface area contributed by atoms with Crippen molar-refractivity contribution in [2.75, 3.05) is 13.2 Å². The van der Waals surface area contributed by atoms with Crippen LogP contribution in [0.15, 0.2) is 59.1 Å². The maximum absolute atomic E-state index is 12.8. The average molecular weight is 345 g/mol. The van der Waals surface area contributed by atoms with E-state index in [1.807, 2.05) is 0 Å². The quantitative estimate of drug-likeness (QED) is 0.824. The van der Waals surface area contributed by atoms with Crippen LogP contribution in [0.5, 0.6) is 5.75 Å². The number of fused-ring (bicyclic) bond motifs is 1. The summed E-state index contributed by atoms with van der Waals surface area (Å²) in [6, 6.07) is 12.0. The Morgan fingerprint density at radius 2 is 1.71 bits per heavy atom. The van der Waals surface area contributed by atoms with Gasteiger partial charge in [0.2, 0.25) is 5.78 Å². The highest BCUT2D eigenvalue weighted by atomic mass is 32.2. The number of ketones is 1. The molecule has 7 heteroatoms. The van der Waals surface area contributed by atoms with E-state index >= 15 is 0 Å². The van der Waals surface area contributed by atoms with Crippen LogP contribution in [0.2, 0.25) is 0 Å². The summed E-state index contributed by atoms with van der Waals surface area (Å²) in [7, 11) is -3.92. The van der Waals surface area contributed by atoms with E-state index in [1.165, 1.54) is 30.3 Å². The second kappa shape index (κ2) is 6.10. The number of aliphatic hydroxyl groups is 1. The number of rotatable bonds is 3. The summed E-state index contributed by atoms with van der Waals surface area (Å²) in [5, 5.41) is 18.6. The highest BCUT2D eigenvalue weighted by molar-refractivity contribution is 7.89. The highest BCUT2D eigenvalue weighted by Crippen LogP contribution is 2.32. The molecule has 124 valence electrons. The Morgan fingerprint density at radius 3 is 2.38 bits per heavy atom. The fourth-order valence-corrected chi connectivity index (χ4v) is 4.22. The number of Topliss-reactive ketones (excluding diaryl/α,β-unsaturated/α-hetero) is 1. The first-order chi connectivity index (χ1) is 11.4. The van der Waals surface area contributed by atoms with Crippen LogP contribution in [0, 0.1) is 0 Å². The SMILES string of the molecule is O=C1/C(=C\c2ccc(O)cc2)N(CCO)S(=O)(=O)c2ccccc21. The van der Waals surface area contributed by atoms with E-state index in [0.717, 1.165) is 4.31 Å². The average Bonchev–Trinajstić information content (AvgIpc) is 2.58. The molecule has 0 atom stereocenters. The van der Waals surface area contributed by atoms with Gasteiger partial charge >= 0.3 is 0 Å². The molecule has 0 saturated heterocycles. The zero-order valence-electron chi connectivity index (χ0n) is 12.6. The summed E-state index contributed by atoms with van der Waals surface area (Å²) in [5.41, 5.74) is 0.638. The van der Waals surface area contributed by atoms with Crippen molar-refractivity contribution < 1.29 is 23.4 Å². The molecule has 0 aliphatic carbocycles. The normalized spacial score (nSPS) is 17.8. The number of benzene rings is 2. The number of sulfonamides is 1. The maximum atomic E-state index is 12.8. The lowest BCUT2D eigenvalue weighted by Crippen LogP contribution is -2.40. The first-order valence-corrected chi connectivity index (χ1v) is 8.67. The van der Waals surface area contributed by atoms with Crippen molar-refractivity contribution in [2.45, 2.75) is 4.90 Å². The van der Waals surface area contributed by atoms with E-state index in [2.05, 4.69) is 0 Å². The topological polar surface area (TPSA) is 94.9 Å². The number of nitrogens with zero attached hydrogens (tertiary/aromatic N) is 1. The Morgan fingerprint density at radius 1 is 1.04 bits per heavy atom. The lowest BCUT2D eigenvalue weighted by Gasteiger charge is -2.30. The van der Waals surface area contributed by atoms with Crippen molar-refractivity contribution in [1.29, 1.82) is 0 Å². The highest BCUT2D eigenvalue weighted by Gasteiger charge is 2.38. The third-order valence-corrected chi connectivity index (χ3v) is 5.57. The third-order valence-electron chi connectivity index (χ3n) is 3.70. The minimum Gasteiger partial charge on any atom is -0.508 e. The molecule has 24 heavy (non-hydrogen) atoms. The predicted molar refractivity (Wildman–Crippen MR) is 87.8 cm³/mol. The first kappa shape index (κ1) is 16.2. The second-order valence-electron chi connectivity index (χ2n) is 5.25. The molecule has 2 aromatic carbocycles. The number of aromatic hydroxyl groups is 1. The fraction of sp³-hybridized carbons (Fsp3) is 0.118. The van der Waals surface area contributed by atoms with Crippen LogP contribution in [-0.4, -0.2) is 41.9 Å². The van der Waals surface area contributed by atoms with Gasteiger partial charge in [-0.2, -0.15) is 0 Å². The monoisotopic (exact) mass is 345 g/mol. The molecule has 0 unspecified atom stereocenters. The van der Waals surface area contributed by atoms with Gasteiger partial charge in [0.05, 0.1) is 18.0 Å². The van der Waals surface area contributed by atoms with Crippen LogP contribution < -0.4 is 0 Å². The van der Waals surface area contributed by atoms with Crippen molar-refractivity contribution in [2.24, 2.45) is 0 Å². The Balaban J connectivity index is 2.20. The van der Waals surface area contributed by atoms with E-state index in [-0.39, 0.29) is 28.5 Å². The number of phenols is 1. The number of allylic oxidation sites excluding steroid dienone is 1. The number of carbonyl (C=O) groups is 1. The molecule has 2 aromatic rings. The summed E-state index contributed by atoms with van der Waals surface area (Å²) in [6.07, 6.45) is 1.44. The molecule has 0 saturated carbocycles. The standard InChI is InChI=1S/C17H15NO5S/c19-10-9-18-15(11-12-5-7-13(20)8-6-12)17(21)14-3-1-2-4-16(14)24(18,22)23/h1-8,11,19-20H,9-10H2/b15-11+. The predicted octanol–water partition coefficient (Wildman–Crippen LogP) is 1.61. The van der Waals surface area contributed by atoms with Gasteiger partial charge in [-0.25, -0.2) is 8.42 Å². The lowest BCUT2D eigenvalue weighted by molar-refractivity contribution is 0.0998. The zero-order valence-corrected chi connectivity index (χ0v) is 13.4. The summed E-state index contributed by atoms with van der Waals surface area (Å²) < 4.78 is 26.5. The Kier molecular flexibility index (Phi) is 4.13. The van der Waals surface area contributed by atoms with Gasteiger partial charge in [-0.05, 0) is 35.9 Å². The van der Waals surface area contributed by atoms with Crippen LogP contribution in [0.1, 0.15) is 15.9 Å². The van der Waals surface area contributed by atoms with Crippen molar-refractivity contribution in [3.8, 4) is 5.75 Å². The smallest absolute Gasteiger partial charge is 0.265 e. The van der Waals surface area contributed by atoms with Gasteiger partial charge in [-0.15, -0.1) is 0 Å². The number of carbonyl (C=O) groups excluding carboxylic acids is 1. The molecule has 0 amide bonds. The van der Waals surface area contributed by atoms with Crippen LogP contribution in [0.4, 0.5) is 0 Å². The number of hydrogen-bond donors (Lipinski definition) is 2. The molecule has 2 N–H and O–H groups in total. The maximum Gasteiger partial charge on any atom is 0.265 e. The molecule has 1 heterocycles. The van der Waals surface area contributed by atoms with Crippen LogP contribution >= 0.6 is 0 Å². The molecule has 6 nitrogen and oxygen atoms in total. The van der Waals surface area contributed by atoms with Gasteiger partial charge in [0, 0.05) is 5.56 Å². The molecular formula is C17H15NO5S. The summed E-state index contributed by atoms with van der Waals surface area (Å²) in [5.74, 6) is -0.362. The van der Waals surface area contributed by atoms with Gasteiger partial charge in [-0.3, -0.25) is 9.10 Å². The number of β-amino-alcohol motifs (C(OH)–C–C–N with tert-alkyl or cyclic N) is 1. The molecule has 0 bridgehead atoms. The van der Waals surface area contributed by atoms with E-state index in [9.17, 15) is 23.4 Å². The Labute approximate surface area is 139 Å². The largest absolute Gasteiger partial charge is 0.508 e. The van der Waals surface area contributed by atoms with Gasteiger partial charge < -0.3 is 10.2 Å². The number of hydrogen-bond acceptors (Lipinski definition) is 5. The van der Waals surface area contributed by atoms with Crippen LogP contribution in [0.25, 0.3) is 6.08 Å². The molecule has 0 aromatic heterocycles. The van der Waals surface area contributed by atoms with E-state index in [1.54, 1.807) is 24.3 Å². The summed E-state index contributed by atoms with van der Waals surface area (Å²) in [4.78, 5) is 12.7. The van der Waals surface area contributed by atoms with Crippen molar-refractivity contribution in [3.05, 3.63) is 65.4 Å². The summed E-state index contributed by atoms with van der Waals surface area (Å²) >= 11 is 0. The fourth-order valence-electron chi connectivity index (χ4n) is 2.58. The molecule has 1 aliphatic rings. The van der Waals surface area contributed by atoms with Gasteiger partial charge in [0.25, 0.3) is 10.0 Å². The van der Waals surface area contributed by atoms with Crippen LogP contribution in [-0.2, 0) is 10.0 Å². The molecular weight excluding hydrogens is 330 g/mol. The lowest BCUT2D eigenvalue weighted by atomic mass is 10.1.